The Labute approximate surface area is 84.6 Å². The van der Waals surface area contributed by atoms with Crippen LogP contribution in [-0.4, -0.2) is 34.7 Å². The van der Waals surface area contributed by atoms with E-state index in [1.807, 2.05) is 0 Å². The lowest BCUT2D eigenvalue weighted by Gasteiger charge is -2.23. The average Bonchev–Trinajstić information content (AvgIpc) is 2.00. The zero-order chi connectivity index (χ0) is 10.0. The van der Waals surface area contributed by atoms with Crippen molar-refractivity contribution in [2.45, 2.75) is 19.3 Å². The molecule has 1 aliphatic carbocycles. The minimum Gasteiger partial charge on any atom is -0.315 e. The van der Waals surface area contributed by atoms with Crippen molar-refractivity contribution in [1.29, 1.82) is 0 Å². The topological polar surface area (TPSA) is 58.5 Å². The summed E-state index contributed by atoms with van der Waals surface area (Å²) in [6, 6.07) is 0. The molecule has 1 saturated carbocycles. The maximum absolute atomic E-state index is 12.0. The summed E-state index contributed by atoms with van der Waals surface area (Å²) in [4.78, 5) is 11.5. The number of nitrogens with zero attached hydrogens (tertiary/aromatic N) is 1. The van der Waals surface area contributed by atoms with Crippen LogP contribution in [0, 0.1) is 5.92 Å². The molecule has 1 heterocycles. The highest BCUT2D eigenvalue weighted by Gasteiger charge is 2.27. The molecule has 80 valence electrons. The van der Waals surface area contributed by atoms with Gasteiger partial charge in [-0.2, -0.15) is 4.36 Å². The van der Waals surface area contributed by atoms with E-state index in [1.165, 1.54) is 0 Å². The highest BCUT2D eigenvalue weighted by molar-refractivity contribution is 7.94. The Morgan fingerprint density at radius 2 is 1.93 bits per heavy atom. The molecule has 4 nitrogen and oxygen atoms in total. The smallest absolute Gasteiger partial charge is 0.256 e. The summed E-state index contributed by atoms with van der Waals surface area (Å²) in [6.45, 7) is 1.44. The van der Waals surface area contributed by atoms with E-state index in [0.29, 0.717) is 11.5 Å². The van der Waals surface area contributed by atoms with Gasteiger partial charge in [-0.15, -0.1) is 0 Å². The number of nitrogens with one attached hydrogen (secondary N) is 1. The Morgan fingerprint density at radius 1 is 1.29 bits per heavy atom. The summed E-state index contributed by atoms with van der Waals surface area (Å²) in [6.07, 6.45) is 3.00. The van der Waals surface area contributed by atoms with Crippen LogP contribution >= 0.6 is 0 Å². The second-order valence-corrected chi connectivity index (χ2v) is 6.53. The van der Waals surface area contributed by atoms with Gasteiger partial charge in [-0.3, -0.25) is 4.79 Å². The minimum atomic E-state index is -2.20. The van der Waals surface area contributed by atoms with Crippen LogP contribution in [0.25, 0.3) is 0 Å². The third-order valence-electron chi connectivity index (χ3n) is 2.91. The van der Waals surface area contributed by atoms with E-state index in [2.05, 4.69) is 9.68 Å². The zero-order valence-corrected chi connectivity index (χ0v) is 9.02. The highest BCUT2D eigenvalue weighted by Crippen LogP contribution is 2.27. The lowest BCUT2D eigenvalue weighted by Crippen LogP contribution is -2.36. The Balaban J connectivity index is 2.06. The first-order valence-electron chi connectivity index (χ1n) is 5.17. The lowest BCUT2D eigenvalue weighted by atomic mass is 9.85. The standard InChI is InChI=1S/C9H16N2O2S/c12-9(8-2-1-3-8)11-14(13)6-4-10-5-7-14/h8,10H,1-7H2. The minimum absolute atomic E-state index is 0.0863. The third-order valence-corrected chi connectivity index (χ3v) is 5.10. The first-order chi connectivity index (χ1) is 6.70. The predicted octanol–water partition coefficient (Wildman–Crippen LogP) is 0.384. The normalized spacial score (nSPS) is 26.6. The van der Waals surface area contributed by atoms with Crippen molar-refractivity contribution in [3.05, 3.63) is 0 Å². The molecule has 1 N–H and O–H groups in total. The van der Waals surface area contributed by atoms with Crippen LogP contribution in [0.5, 0.6) is 0 Å². The van der Waals surface area contributed by atoms with Gasteiger partial charge in [0.1, 0.15) is 0 Å². The summed E-state index contributed by atoms with van der Waals surface area (Å²) in [5.74, 6) is 1.04. The number of carbonyl (C=O) groups is 1. The SMILES string of the molecule is O=C(N=S1(=O)CCNCC1)C1CCC1. The van der Waals surface area contributed by atoms with E-state index in [4.69, 9.17) is 0 Å². The van der Waals surface area contributed by atoms with Gasteiger partial charge in [0.15, 0.2) is 0 Å². The fourth-order valence-electron chi connectivity index (χ4n) is 1.68. The molecule has 2 fully saturated rings. The second-order valence-electron chi connectivity index (χ2n) is 3.99. The van der Waals surface area contributed by atoms with Gasteiger partial charge < -0.3 is 5.32 Å². The van der Waals surface area contributed by atoms with Crippen LogP contribution in [-0.2, 0) is 14.5 Å². The molecule has 0 spiro atoms. The van der Waals surface area contributed by atoms with Gasteiger partial charge in [0.05, 0.1) is 9.73 Å². The number of amides is 1. The van der Waals surface area contributed by atoms with E-state index in [1.54, 1.807) is 0 Å². The summed E-state index contributed by atoms with van der Waals surface area (Å²) >= 11 is 0. The van der Waals surface area contributed by atoms with Crippen LogP contribution in [0.3, 0.4) is 0 Å². The van der Waals surface area contributed by atoms with Gasteiger partial charge in [0.25, 0.3) is 5.91 Å². The van der Waals surface area contributed by atoms with Crippen LogP contribution in [0.4, 0.5) is 0 Å². The highest BCUT2D eigenvalue weighted by atomic mass is 32.2. The molecular formula is C9H16N2O2S. The van der Waals surface area contributed by atoms with Gasteiger partial charge in [-0.05, 0) is 12.8 Å². The van der Waals surface area contributed by atoms with Gasteiger partial charge in [-0.1, -0.05) is 6.42 Å². The maximum atomic E-state index is 12.0. The number of hydrogen-bond acceptors (Lipinski definition) is 3. The molecular weight excluding hydrogens is 200 g/mol. The molecule has 0 atom stereocenters. The van der Waals surface area contributed by atoms with Gasteiger partial charge in [0.2, 0.25) is 0 Å². The summed E-state index contributed by atoms with van der Waals surface area (Å²) < 4.78 is 16.0. The van der Waals surface area contributed by atoms with Crippen molar-refractivity contribution in [1.82, 2.24) is 5.32 Å². The van der Waals surface area contributed by atoms with E-state index < -0.39 is 9.73 Å². The Hall–Kier alpha value is -0.420. The largest absolute Gasteiger partial charge is 0.315 e. The Kier molecular flexibility index (Phi) is 2.88. The molecule has 1 aliphatic heterocycles. The molecule has 1 saturated heterocycles. The van der Waals surface area contributed by atoms with Crippen LogP contribution in [0.1, 0.15) is 19.3 Å². The summed E-state index contributed by atoms with van der Waals surface area (Å²) in [5.41, 5.74) is 0. The molecule has 0 aromatic heterocycles. The van der Waals surface area contributed by atoms with Crippen molar-refractivity contribution in [3.8, 4) is 0 Å². The average molecular weight is 216 g/mol. The second kappa shape index (κ2) is 3.98. The monoisotopic (exact) mass is 216 g/mol. The molecule has 0 aromatic rings. The van der Waals surface area contributed by atoms with Crippen molar-refractivity contribution >= 4 is 15.6 Å². The fraction of sp³-hybridized carbons (Fsp3) is 0.889. The number of carbonyl (C=O) groups excluding carboxylic acids is 1. The van der Waals surface area contributed by atoms with Crippen LogP contribution in [0.15, 0.2) is 4.36 Å². The maximum Gasteiger partial charge on any atom is 0.256 e. The molecule has 14 heavy (non-hydrogen) atoms. The molecule has 2 rings (SSSR count). The molecule has 0 radical (unpaired) electrons. The summed E-state index contributed by atoms with van der Waals surface area (Å²) in [5, 5.41) is 3.12. The summed E-state index contributed by atoms with van der Waals surface area (Å²) in [7, 11) is -2.20. The quantitative estimate of drug-likeness (QED) is 0.689. The van der Waals surface area contributed by atoms with E-state index in [0.717, 1.165) is 32.4 Å². The van der Waals surface area contributed by atoms with Gasteiger partial charge in [0, 0.05) is 30.5 Å². The molecule has 1 amide bonds. The molecule has 2 aliphatic rings. The van der Waals surface area contributed by atoms with E-state index >= 15 is 0 Å². The fourth-order valence-corrected chi connectivity index (χ4v) is 3.47. The number of hydrogen-bond donors (Lipinski definition) is 1. The molecule has 0 unspecified atom stereocenters. The first kappa shape index (κ1) is 10.1. The molecule has 5 heteroatoms. The van der Waals surface area contributed by atoms with Crippen molar-refractivity contribution in [2.75, 3.05) is 24.6 Å². The zero-order valence-electron chi connectivity index (χ0n) is 8.20. The van der Waals surface area contributed by atoms with Crippen molar-refractivity contribution < 1.29 is 9.00 Å². The molecule has 0 bridgehead atoms. The van der Waals surface area contributed by atoms with Crippen molar-refractivity contribution in [3.63, 3.8) is 0 Å². The van der Waals surface area contributed by atoms with Crippen molar-refractivity contribution in [2.24, 2.45) is 10.3 Å². The van der Waals surface area contributed by atoms with E-state index in [-0.39, 0.29) is 11.8 Å². The number of rotatable bonds is 1. The van der Waals surface area contributed by atoms with E-state index in [9.17, 15) is 9.00 Å². The third kappa shape index (κ3) is 2.15. The Morgan fingerprint density at radius 3 is 2.43 bits per heavy atom. The first-order valence-corrected chi connectivity index (χ1v) is 7.02. The van der Waals surface area contributed by atoms with Crippen LogP contribution < -0.4 is 5.32 Å². The Bertz CT molecular complexity index is 329. The van der Waals surface area contributed by atoms with Gasteiger partial charge >= 0.3 is 0 Å². The van der Waals surface area contributed by atoms with Gasteiger partial charge in [-0.25, -0.2) is 4.21 Å². The molecule has 0 aromatic carbocycles. The predicted molar refractivity (Wildman–Crippen MR) is 55.5 cm³/mol. The lowest BCUT2D eigenvalue weighted by molar-refractivity contribution is -0.123. The van der Waals surface area contributed by atoms with Crippen LogP contribution in [0.2, 0.25) is 0 Å².